The number of rotatable bonds is 6. The number of aliphatic hydroxyl groups is 1. The van der Waals surface area contributed by atoms with Crippen molar-refractivity contribution in [1.29, 1.82) is 0 Å². The highest BCUT2D eigenvalue weighted by Gasteiger charge is 2.17. The monoisotopic (exact) mass is 313 g/mol. The lowest BCUT2D eigenvalue weighted by atomic mass is 10.2. The average Bonchev–Trinajstić information content (AvgIpc) is 2.85. The zero-order valence-electron chi connectivity index (χ0n) is 11.4. The topological polar surface area (TPSA) is 79.5 Å². The number of nitrogens with one attached hydrogen (secondary N) is 1. The van der Waals surface area contributed by atoms with E-state index in [0.29, 0.717) is 17.1 Å². The Balaban J connectivity index is 1.93. The van der Waals surface area contributed by atoms with Crippen LogP contribution in [0.25, 0.3) is 0 Å². The second-order valence-corrected chi connectivity index (χ2v) is 6.51. The van der Waals surface area contributed by atoms with Crippen molar-refractivity contribution in [3.8, 4) is 0 Å². The van der Waals surface area contributed by atoms with Gasteiger partial charge in [-0.25, -0.2) is 17.5 Å². The van der Waals surface area contributed by atoms with Crippen molar-refractivity contribution in [2.24, 2.45) is 0 Å². The summed E-state index contributed by atoms with van der Waals surface area (Å²) in [6.45, 7) is 1.55. The summed E-state index contributed by atoms with van der Waals surface area (Å²) in [5, 5.41) is 9.83. The molecule has 1 atom stereocenters. The van der Waals surface area contributed by atoms with Crippen LogP contribution in [0.1, 0.15) is 23.2 Å². The van der Waals surface area contributed by atoms with Gasteiger partial charge in [0.2, 0.25) is 10.0 Å². The number of hydrogen-bond acceptors (Lipinski definition) is 4. The maximum absolute atomic E-state index is 12.8. The summed E-state index contributed by atoms with van der Waals surface area (Å²) in [4.78, 5) is 0. The lowest BCUT2D eigenvalue weighted by Crippen LogP contribution is -2.29. The molecule has 0 aliphatic carbocycles. The van der Waals surface area contributed by atoms with Gasteiger partial charge in [0.05, 0.1) is 5.75 Å². The second-order valence-electron chi connectivity index (χ2n) is 4.70. The summed E-state index contributed by atoms with van der Waals surface area (Å²) >= 11 is 0. The van der Waals surface area contributed by atoms with E-state index in [4.69, 9.17) is 4.42 Å². The van der Waals surface area contributed by atoms with Crippen molar-refractivity contribution in [2.75, 3.05) is 6.54 Å². The van der Waals surface area contributed by atoms with Crippen LogP contribution in [0.5, 0.6) is 0 Å². The van der Waals surface area contributed by atoms with Gasteiger partial charge in [-0.05, 0) is 36.8 Å². The summed E-state index contributed by atoms with van der Waals surface area (Å²) in [6, 6.07) is 8.48. The van der Waals surface area contributed by atoms with Crippen LogP contribution in [-0.2, 0) is 15.8 Å². The van der Waals surface area contributed by atoms with Crippen molar-refractivity contribution in [3.05, 3.63) is 59.3 Å². The Labute approximate surface area is 122 Å². The molecule has 0 saturated heterocycles. The van der Waals surface area contributed by atoms with Crippen LogP contribution in [0.2, 0.25) is 0 Å². The summed E-state index contributed by atoms with van der Waals surface area (Å²) in [6.07, 6.45) is -1.05. The van der Waals surface area contributed by atoms with Gasteiger partial charge < -0.3 is 9.52 Å². The van der Waals surface area contributed by atoms with Crippen LogP contribution in [0.15, 0.2) is 40.8 Å². The number of halogens is 1. The van der Waals surface area contributed by atoms with Crippen molar-refractivity contribution < 1.29 is 22.3 Å². The number of sulfonamides is 1. The molecule has 0 radical (unpaired) electrons. The normalized spacial score (nSPS) is 13.3. The molecule has 2 N–H and O–H groups in total. The van der Waals surface area contributed by atoms with Crippen molar-refractivity contribution in [2.45, 2.75) is 18.8 Å². The minimum absolute atomic E-state index is 0.184. The first-order valence-corrected chi connectivity index (χ1v) is 7.97. The maximum Gasteiger partial charge on any atom is 0.215 e. The Morgan fingerprint density at radius 1 is 1.24 bits per heavy atom. The number of benzene rings is 1. The molecule has 2 aromatic rings. The van der Waals surface area contributed by atoms with Crippen molar-refractivity contribution in [3.63, 3.8) is 0 Å². The number of aliphatic hydroxyl groups excluding tert-OH is 1. The molecule has 2 rings (SSSR count). The fourth-order valence-corrected chi connectivity index (χ4v) is 2.94. The average molecular weight is 313 g/mol. The molecule has 5 nitrogen and oxygen atoms in total. The fourth-order valence-electron chi connectivity index (χ4n) is 1.79. The van der Waals surface area contributed by atoms with Gasteiger partial charge in [0.1, 0.15) is 23.4 Å². The molecule has 0 fully saturated rings. The van der Waals surface area contributed by atoms with Crippen LogP contribution in [-0.4, -0.2) is 20.1 Å². The Bertz CT molecular complexity index is 694. The Hall–Kier alpha value is -1.70. The highest BCUT2D eigenvalue weighted by Crippen LogP contribution is 2.15. The molecule has 1 heterocycles. The minimum Gasteiger partial charge on any atom is -0.464 e. The molecule has 114 valence electrons. The molecule has 1 aromatic heterocycles. The SMILES string of the molecule is Cc1ccc(C(O)CNS(=O)(=O)Cc2ccc(F)cc2)o1. The van der Waals surface area contributed by atoms with E-state index in [-0.39, 0.29) is 12.3 Å². The van der Waals surface area contributed by atoms with Gasteiger partial charge in [-0.15, -0.1) is 0 Å². The zero-order valence-corrected chi connectivity index (χ0v) is 12.2. The Morgan fingerprint density at radius 2 is 1.90 bits per heavy atom. The van der Waals surface area contributed by atoms with E-state index >= 15 is 0 Å². The van der Waals surface area contributed by atoms with E-state index < -0.39 is 21.9 Å². The molecule has 1 aromatic carbocycles. The van der Waals surface area contributed by atoms with E-state index in [1.807, 2.05) is 0 Å². The van der Waals surface area contributed by atoms with Crippen LogP contribution in [0, 0.1) is 12.7 Å². The van der Waals surface area contributed by atoms with Crippen LogP contribution in [0.4, 0.5) is 4.39 Å². The molecule has 0 aliphatic heterocycles. The van der Waals surface area contributed by atoms with E-state index in [0.717, 1.165) is 0 Å². The third kappa shape index (κ3) is 4.66. The Morgan fingerprint density at radius 3 is 2.48 bits per heavy atom. The maximum atomic E-state index is 12.8. The summed E-state index contributed by atoms with van der Waals surface area (Å²) in [5.74, 6) is 0.236. The van der Waals surface area contributed by atoms with E-state index in [1.54, 1.807) is 19.1 Å². The third-order valence-electron chi connectivity index (χ3n) is 2.86. The fraction of sp³-hybridized carbons (Fsp3) is 0.286. The molecule has 0 amide bonds. The van der Waals surface area contributed by atoms with Crippen molar-refractivity contribution >= 4 is 10.0 Å². The summed E-state index contributed by atoms with van der Waals surface area (Å²) < 4.78 is 44.0. The van der Waals surface area contributed by atoms with Crippen molar-refractivity contribution in [1.82, 2.24) is 4.72 Å². The first-order chi connectivity index (χ1) is 9.85. The molecule has 0 spiro atoms. The lowest BCUT2D eigenvalue weighted by Gasteiger charge is -2.10. The van der Waals surface area contributed by atoms with Gasteiger partial charge in [-0.1, -0.05) is 12.1 Å². The second kappa shape index (κ2) is 6.38. The van der Waals surface area contributed by atoms with Gasteiger partial charge >= 0.3 is 0 Å². The van der Waals surface area contributed by atoms with Gasteiger partial charge in [0, 0.05) is 6.54 Å². The number of aryl methyl sites for hydroxylation is 1. The molecule has 7 heteroatoms. The molecule has 0 aliphatic rings. The first-order valence-electron chi connectivity index (χ1n) is 6.32. The molecular weight excluding hydrogens is 297 g/mol. The van der Waals surface area contributed by atoms with Crippen LogP contribution in [0.3, 0.4) is 0 Å². The summed E-state index contributed by atoms with van der Waals surface area (Å²) in [7, 11) is -3.62. The largest absolute Gasteiger partial charge is 0.464 e. The van der Waals surface area contributed by atoms with Gasteiger partial charge in [0.25, 0.3) is 0 Å². The summed E-state index contributed by atoms with van der Waals surface area (Å²) in [5.41, 5.74) is 0.465. The first kappa shape index (κ1) is 15.7. The predicted octanol–water partition coefficient (Wildman–Crippen LogP) is 1.88. The quantitative estimate of drug-likeness (QED) is 0.853. The molecule has 0 saturated carbocycles. The Kier molecular flexibility index (Phi) is 4.76. The van der Waals surface area contributed by atoms with Gasteiger partial charge in [0.15, 0.2) is 0 Å². The third-order valence-corrected chi connectivity index (χ3v) is 4.18. The predicted molar refractivity (Wildman–Crippen MR) is 75.4 cm³/mol. The zero-order chi connectivity index (χ0) is 15.5. The molecule has 0 bridgehead atoms. The molecule has 21 heavy (non-hydrogen) atoms. The highest BCUT2D eigenvalue weighted by atomic mass is 32.2. The van der Waals surface area contributed by atoms with Crippen LogP contribution >= 0.6 is 0 Å². The molecular formula is C14H16FNO4S. The highest BCUT2D eigenvalue weighted by molar-refractivity contribution is 7.88. The number of hydrogen-bond donors (Lipinski definition) is 2. The standard InChI is InChI=1S/C14H16FNO4S/c1-10-2-7-14(20-10)13(17)8-16-21(18,19)9-11-3-5-12(15)6-4-11/h2-7,13,16-17H,8-9H2,1H3. The minimum atomic E-state index is -3.62. The van der Waals surface area contributed by atoms with E-state index in [2.05, 4.69) is 4.72 Å². The smallest absolute Gasteiger partial charge is 0.215 e. The van der Waals surface area contributed by atoms with Gasteiger partial charge in [-0.2, -0.15) is 0 Å². The lowest BCUT2D eigenvalue weighted by molar-refractivity contribution is 0.152. The van der Waals surface area contributed by atoms with E-state index in [9.17, 15) is 17.9 Å². The van der Waals surface area contributed by atoms with E-state index in [1.165, 1.54) is 24.3 Å². The number of furan rings is 1. The van der Waals surface area contributed by atoms with Crippen LogP contribution < -0.4 is 4.72 Å². The molecule has 1 unspecified atom stereocenters. The van der Waals surface area contributed by atoms with Gasteiger partial charge in [-0.3, -0.25) is 0 Å².